The zero-order valence-corrected chi connectivity index (χ0v) is 8.80. The third kappa shape index (κ3) is 0.879. The highest BCUT2D eigenvalue weighted by atomic mass is 16.2. The van der Waals surface area contributed by atoms with Gasteiger partial charge >= 0.3 is 11.4 Å². The molecule has 2 unspecified atom stereocenters. The summed E-state index contributed by atoms with van der Waals surface area (Å²) >= 11 is 0. The molecule has 2 bridgehead atoms. The van der Waals surface area contributed by atoms with Gasteiger partial charge in [-0.2, -0.15) is 0 Å². The van der Waals surface area contributed by atoms with Crippen LogP contribution >= 0.6 is 0 Å². The van der Waals surface area contributed by atoms with Gasteiger partial charge in [0.1, 0.15) is 0 Å². The van der Waals surface area contributed by atoms with E-state index in [0.29, 0.717) is 0 Å². The van der Waals surface area contributed by atoms with Gasteiger partial charge in [0, 0.05) is 7.05 Å². The van der Waals surface area contributed by atoms with Crippen molar-refractivity contribution >= 4 is 0 Å². The highest BCUT2D eigenvalue weighted by Crippen LogP contribution is 2.37. The minimum absolute atomic E-state index is 0.0800. The molecule has 2 atom stereocenters. The Hall–Kier alpha value is -1.52. The van der Waals surface area contributed by atoms with E-state index in [1.807, 2.05) is 6.92 Å². The maximum atomic E-state index is 11.8. The molecule has 0 radical (unpaired) electrons. The van der Waals surface area contributed by atoms with Crippen molar-refractivity contribution in [3.63, 3.8) is 0 Å². The van der Waals surface area contributed by atoms with Crippen molar-refractivity contribution in [1.82, 2.24) is 13.9 Å². The lowest BCUT2D eigenvalue weighted by molar-refractivity contribution is 0.245. The Balaban J connectivity index is 2.41. The number of aromatic nitrogens is 3. The van der Waals surface area contributed by atoms with Crippen LogP contribution in [0.15, 0.2) is 21.2 Å². The first-order valence-corrected chi connectivity index (χ1v) is 5.19. The van der Waals surface area contributed by atoms with Crippen LogP contribution in [0.4, 0.5) is 0 Å². The summed E-state index contributed by atoms with van der Waals surface area (Å²) in [5.41, 5.74) is 0.819. The molecule has 3 heterocycles. The van der Waals surface area contributed by atoms with Crippen LogP contribution in [0.5, 0.6) is 0 Å². The summed E-state index contributed by atoms with van der Waals surface area (Å²) in [5.74, 6) is 0. The van der Waals surface area contributed by atoms with Crippen LogP contribution in [0.25, 0.3) is 0 Å². The Morgan fingerprint density at radius 3 is 2.53 bits per heavy atom. The third-order valence-electron chi connectivity index (χ3n) is 3.52. The Kier molecular flexibility index (Phi) is 1.48. The van der Waals surface area contributed by atoms with E-state index in [0.717, 1.165) is 12.8 Å². The zero-order chi connectivity index (χ0) is 10.7. The average Bonchev–Trinajstić information content (AvgIpc) is 2.46. The van der Waals surface area contributed by atoms with Gasteiger partial charge in [-0.1, -0.05) is 11.6 Å². The number of nitrogens with zero attached hydrogens (tertiary/aromatic N) is 3. The fourth-order valence-electron chi connectivity index (χ4n) is 2.72. The lowest BCUT2D eigenvalue weighted by Gasteiger charge is -2.36. The highest BCUT2D eigenvalue weighted by molar-refractivity contribution is 5.17. The van der Waals surface area contributed by atoms with Gasteiger partial charge in [-0.15, -0.1) is 0 Å². The second-order valence-corrected chi connectivity index (χ2v) is 4.38. The molecule has 0 fully saturated rings. The topological polar surface area (TPSA) is 48.9 Å². The molecule has 4 rings (SSSR count). The molecule has 3 aliphatic rings. The monoisotopic (exact) mass is 207 g/mol. The van der Waals surface area contributed by atoms with E-state index in [-0.39, 0.29) is 23.5 Å². The van der Waals surface area contributed by atoms with Crippen molar-refractivity contribution in [2.45, 2.75) is 31.8 Å². The molecule has 0 aromatic carbocycles. The highest BCUT2D eigenvalue weighted by Gasteiger charge is 2.35. The Morgan fingerprint density at radius 2 is 1.87 bits per heavy atom. The molecule has 15 heavy (non-hydrogen) atoms. The molecule has 5 heteroatoms. The summed E-state index contributed by atoms with van der Waals surface area (Å²) in [5, 5.41) is 0. The van der Waals surface area contributed by atoms with Crippen LogP contribution in [0.2, 0.25) is 0 Å². The first-order valence-electron chi connectivity index (χ1n) is 5.19. The largest absolute Gasteiger partial charge is 0.347 e. The summed E-state index contributed by atoms with van der Waals surface area (Å²) in [7, 11) is 1.54. The van der Waals surface area contributed by atoms with Crippen LogP contribution < -0.4 is 11.4 Å². The zero-order valence-electron chi connectivity index (χ0n) is 8.80. The molecule has 1 aliphatic carbocycles. The molecule has 0 saturated heterocycles. The first-order chi connectivity index (χ1) is 7.11. The van der Waals surface area contributed by atoms with Crippen LogP contribution in [-0.2, 0) is 7.05 Å². The van der Waals surface area contributed by atoms with E-state index in [4.69, 9.17) is 0 Å². The van der Waals surface area contributed by atoms with Gasteiger partial charge in [0.15, 0.2) is 0 Å². The molecule has 80 valence electrons. The Labute approximate surface area is 86.2 Å². The van der Waals surface area contributed by atoms with E-state index in [1.165, 1.54) is 17.2 Å². The van der Waals surface area contributed by atoms with Gasteiger partial charge in [0.2, 0.25) is 0 Å². The predicted octanol–water partition coefficient (Wildman–Crippen LogP) is 0.184. The van der Waals surface area contributed by atoms with Gasteiger partial charge in [-0.05, 0) is 19.8 Å². The summed E-state index contributed by atoms with van der Waals surface area (Å²) in [6, 6.07) is 0.174. The lowest BCUT2D eigenvalue weighted by atomic mass is 9.90. The number of allylic oxidation sites excluding steroid dienone is 2. The normalized spacial score (nSPS) is 27.7. The van der Waals surface area contributed by atoms with Gasteiger partial charge in [-0.3, -0.25) is 0 Å². The fourth-order valence-corrected chi connectivity index (χ4v) is 2.72. The molecule has 2 aliphatic heterocycles. The van der Waals surface area contributed by atoms with E-state index >= 15 is 0 Å². The van der Waals surface area contributed by atoms with Crippen molar-refractivity contribution in [1.29, 1.82) is 0 Å². The second-order valence-electron chi connectivity index (χ2n) is 4.38. The molecule has 0 N–H and O–H groups in total. The maximum absolute atomic E-state index is 11.8. The van der Waals surface area contributed by atoms with E-state index in [1.54, 1.807) is 9.36 Å². The van der Waals surface area contributed by atoms with Crippen LogP contribution in [0, 0.1) is 0 Å². The van der Waals surface area contributed by atoms with Gasteiger partial charge in [-0.25, -0.2) is 23.5 Å². The molecular formula is C10H13N3O2. The minimum atomic E-state index is -0.196. The molecule has 1 aromatic rings. The quantitative estimate of drug-likeness (QED) is 0.570. The smallest absolute Gasteiger partial charge is 0.246 e. The molecule has 0 spiro atoms. The molecule has 5 nitrogen and oxygen atoms in total. The molecule has 1 aromatic heterocycles. The second kappa shape index (κ2) is 2.53. The van der Waals surface area contributed by atoms with E-state index in [9.17, 15) is 9.59 Å². The number of hydrogen-bond donors (Lipinski definition) is 0. The van der Waals surface area contributed by atoms with Crippen molar-refractivity contribution in [2.24, 2.45) is 7.05 Å². The summed E-state index contributed by atoms with van der Waals surface area (Å²) < 4.78 is 4.41. The SMILES string of the molecule is CC1=CC2CCC1n1c(=O)n(C)c(=O)n12. The molecular weight excluding hydrogens is 194 g/mol. The van der Waals surface area contributed by atoms with E-state index < -0.39 is 0 Å². The van der Waals surface area contributed by atoms with Gasteiger partial charge in [0.05, 0.1) is 12.1 Å². The van der Waals surface area contributed by atoms with Gasteiger partial charge < -0.3 is 0 Å². The minimum Gasteiger partial charge on any atom is -0.246 e. The lowest BCUT2D eigenvalue weighted by Crippen LogP contribution is -2.40. The third-order valence-corrected chi connectivity index (χ3v) is 3.52. The van der Waals surface area contributed by atoms with E-state index in [2.05, 4.69) is 6.08 Å². The van der Waals surface area contributed by atoms with Crippen molar-refractivity contribution in [2.75, 3.05) is 0 Å². The maximum Gasteiger partial charge on any atom is 0.347 e. The van der Waals surface area contributed by atoms with Crippen LogP contribution in [0.1, 0.15) is 31.8 Å². The Morgan fingerprint density at radius 1 is 1.20 bits per heavy atom. The average molecular weight is 207 g/mol. The summed E-state index contributed by atoms with van der Waals surface area (Å²) in [6.45, 7) is 2.03. The molecule has 0 saturated carbocycles. The van der Waals surface area contributed by atoms with Gasteiger partial charge in [0.25, 0.3) is 0 Å². The number of rotatable bonds is 0. The van der Waals surface area contributed by atoms with Crippen LogP contribution in [0.3, 0.4) is 0 Å². The molecule has 0 amide bonds. The van der Waals surface area contributed by atoms with Crippen molar-refractivity contribution < 1.29 is 0 Å². The Bertz CT molecular complexity index is 572. The van der Waals surface area contributed by atoms with Crippen molar-refractivity contribution in [3.8, 4) is 0 Å². The summed E-state index contributed by atoms with van der Waals surface area (Å²) in [6.07, 6.45) is 4.04. The predicted molar refractivity (Wildman–Crippen MR) is 55.0 cm³/mol. The summed E-state index contributed by atoms with van der Waals surface area (Å²) in [4.78, 5) is 23.7. The standard InChI is InChI=1S/C10H13N3O2/c1-6-5-7-3-4-8(6)13-10(15)11(2)9(14)12(7)13/h5,7-8H,3-4H2,1-2H3. The van der Waals surface area contributed by atoms with Crippen LogP contribution in [-0.4, -0.2) is 13.9 Å². The van der Waals surface area contributed by atoms with Crippen molar-refractivity contribution in [3.05, 3.63) is 32.6 Å². The first kappa shape index (κ1) is 8.76. The fraction of sp³-hybridized carbons (Fsp3) is 0.600. The number of fused-ring (bicyclic) bond motifs is 1. The number of hydrogen-bond acceptors (Lipinski definition) is 2.